The molecule has 16 heavy (non-hydrogen) atoms. The fourth-order valence-corrected chi connectivity index (χ4v) is 1.60. The van der Waals surface area contributed by atoms with Gasteiger partial charge >= 0.3 is 5.69 Å². The SMILES string of the molecule is O=c1[nH]c2ccc(-c3ccncc3)nc2[nH]1. The smallest absolute Gasteiger partial charge is 0.304 e. The number of hydrogen-bond donors (Lipinski definition) is 2. The number of aromatic nitrogens is 4. The van der Waals surface area contributed by atoms with E-state index in [1.807, 2.05) is 24.3 Å². The van der Waals surface area contributed by atoms with Crippen LogP contribution < -0.4 is 5.69 Å². The third-order valence-corrected chi connectivity index (χ3v) is 2.35. The van der Waals surface area contributed by atoms with Crippen LogP contribution in [0.1, 0.15) is 0 Å². The average molecular weight is 212 g/mol. The number of imidazole rings is 1. The van der Waals surface area contributed by atoms with Crippen LogP contribution in [-0.4, -0.2) is 19.9 Å². The number of nitrogens with one attached hydrogen (secondary N) is 2. The van der Waals surface area contributed by atoms with Crippen molar-refractivity contribution in [3.63, 3.8) is 0 Å². The van der Waals surface area contributed by atoms with Gasteiger partial charge in [-0.15, -0.1) is 0 Å². The van der Waals surface area contributed by atoms with Crippen LogP contribution in [0.5, 0.6) is 0 Å². The van der Waals surface area contributed by atoms with Gasteiger partial charge in [-0.3, -0.25) is 9.97 Å². The molecule has 0 radical (unpaired) electrons. The molecule has 0 aliphatic carbocycles. The van der Waals surface area contributed by atoms with E-state index in [0.29, 0.717) is 11.2 Å². The third kappa shape index (κ3) is 1.38. The molecule has 3 aromatic heterocycles. The molecule has 0 atom stereocenters. The fourth-order valence-electron chi connectivity index (χ4n) is 1.60. The Kier molecular flexibility index (Phi) is 1.83. The first kappa shape index (κ1) is 8.84. The monoisotopic (exact) mass is 212 g/mol. The van der Waals surface area contributed by atoms with Gasteiger partial charge in [-0.05, 0) is 24.3 Å². The molecule has 0 saturated heterocycles. The van der Waals surface area contributed by atoms with E-state index in [1.165, 1.54) is 0 Å². The molecule has 0 aliphatic heterocycles. The fraction of sp³-hybridized carbons (Fsp3) is 0. The minimum Gasteiger partial charge on any atom is -0.304 e. The van der Waals surface area contributed by atoms with Crippen molar-refractivity contribution in [2.75, 3.05) is 0 Å². The Morgan fingerprint density at radius 2 is 1.81 bits per heavy atom. The minimum absolute atomic E-state index is 0.241. The van der Waals surface area contributed by atoms with Crippen LogP contribution >= 0.6 is 0 Å². The molecule has 78 valence electrons. The highest BCUT2D eigenvalue weighted by Crippen LogP contribution is 2.17. The molecule has 2 N–H and O–H groups in total. The van der Waals surface area contributed by atoms with Gasteiger partial charge in [-0.2, -0.15) is 0 Å². The van der Waals surface area contributed by atoms with Gasteiger partial charge in [0.1, 0.15) is 0 Å². The summed E-state index contributed by atoms with van der Waals surface area (Å²) in [6, 6.07) is 7.44. The van der Waals surface area contributed by atoms with Gasteiger partial charge in [0.2, 0.25) is 0 Å². The summed E-state index contributed by atoms with van der Waals surface area (Å²) >= 11 is 0. The first-order chi connectivity index (χ1) is 7.83. The Morgan fingerprint density at radius 3 is 2.62 bits per heavy atom. The molecule has 0 aliphatic rings. The van der Waals surface area contributed by atoms with Crippen LogP contribution in [-0.2, 0) is 0 Å². The summed E-state index contributed by atoms with van der Waals surface area (Å²) in [5.74, 6) is 0. The van der Waals surface area contributed by atoms with Crippen LogP contribution in [0.2, 0.25) is 0 Å². The number of pyridine rings is 2. The van der Waals surface area contributed by atoms with Crippen molar-refractivity contribution >= 4 is 11.2 Å². The number of H-pyrrole nitrogens is 2. The molecule has 0 saturated carbocycles. The number of nitrogens with zero attached hydrogens (tertiary/aromatic N) is 2. The third-order valence-electron chi connectivity index (χ3n) is 2.35. The molecule has 0 unspecified atom stereocenters. The van der Waals surface area contributed by atoms with Gasteiger partial charge in [0.05, 0.1) is 11.2 Å². The Morgan fingerprint density at radius 1 is 1.00 bits per heavy atom. The van der Waals surface area contributed by atoms with E-state index in [9.17, 15) is 4.79 Å². The number of hydrogen-bond acceptors (Lipinski definition) is 3. The van der Waals surface area contributed by atoms with E-state index in [2.05, 4.69) is 19.9 Å². The number of fused-ring (bicyclic) bond motifs is 1. The molecule has 0 spiro atoms. The standard InChI is InChI=1S/C11H8N4O/c16-11-14-9-2-1-8(13-10(9)15-11)7-3-5-12-6-4-7/h1-6H,(H2,13,14,15,16). The molecule has 3 rings (SSSR count). The molecule has 0 amide bonds. The molecule has 5 nitrogen and oxygen atoms in total. The summed E-state index contributed by atoms with van der Waals surface area (Å²) in [4.78, 5) is 24.7. The second-order valence-electron chi connectivity index (χ2n) is 3.41. The van der Waals surface area contributed by atoms with Crippen LogP contribution in [0, 0.1) is 0 Å². The van der Waals surface area contributed by atoms with Crippen molar-refractivity contribution < 1.29 is 0 Å². The zero-order chi connectivity index (χ0) is 11.0. The zero-order valence-corrected chi connectivity index (χ0v) is 8.27. The topological polar surface area (TPSA) is 74.4 Å². The summed E-state index contributed by atoms with van der Waals surface area (Å²) in [5, 5.41) is 0. The molecule has 0 aromatic carbocycles. The Labute approximate surface area is 90.2 Å². The van der Waals surface area contributed by atoms with Crippen molar-refractivity contribution in [2.45, 2.75) is 0 Å². The molecule has 3 aromatic rings. The van der Waals surface area contributed by atoms with Crippen molar-refractivity contribution in [3.05, 3.63) is 47.1 Å². The number of rotatable bonds is 1. The van der Waals surface area contributed by atoms with E-state index in [1.54, 1.807) is 12.4 Å². The van der Waals surface area contributed by atoms with Crippen LogP contribution in [0.3, 0.4) is 0 Å². The highest BCUT2D eigenvalue weighted by molar-refractivity contribution is 5.74. The van der Waals surface area contributed by atoms with Crippen LogP contribution in [0.25, 0.3) is 22.4 Å². The average Bonchev–Trinajstić information content (AvgIpc) is 2.69. The Hall–Kier alpha value is -2.43. The second-order valence-corrected chi connectivity index (χ2v) is 3.41. The highest BCUT2D eigenvalue weighted by Gasteiger charge is 2.02. The predicted octanol–water partition coefficient (Wildman–Crippen LogP) is 1.31. The maximum atomic E-state index is 11.1. The molecular formula is C11H8N4O. The van der Waals surface area contributed by atoms with Gasteiger partial charge in [0.15, 0.2) is 5.65 Å². The normalized spacial score (nSPS) is 10.8. The van der Waals surface area contributed by atoms with Gasteiger partial charge in [-0.25, -0.2) is 9.78 Å². The number of aromatic amines is 2. The van der Waals surface area contributed by atoms with Crippen molar-refractivity contribution in [2.24, 2.45) is 0 Å². The molecule has 3 heterocycles. The lowest BCUT2D eigenvalue weighted by molar-refractivity contribution is 1.20. The molecule has 0 bridgehead atoms. The minimum atomic E-state index is -0.241. The summed E-state index contributed by atoms with van der Waals surface area (Å²) in [7, 11) is 0. The first-order valence-electron chi connectivity index (χ1n) is 4.82. The lowest BCUT2D eigenvalue weighted by Crippen LogP contribution is -1.99. The van der Waals surface area contributed by atoms with Gasteiger partial charge in [-0.1, -0.05) is 0 Å². The lowest BCUT2D eigenvalue weighted by atomic mass is 10.2. The molecule has 0 fully saturated rings. The summed E-state index contributed by atoms with van der Waals surface area (Å²) in [6.45, 7) is 0. The van der Waals surface area contributed by atoms with Gasteiger partial charge < -0.3 is 4.98 Å². The van der Waals surface area contributed by atoms with E-state index in [4.69, 9.17) is 0 Å². The largest absolute Gasteiger partial charge is 0.325 e. The second kappa shape index (κ2) is 3.30. The maximum absolute atomic E-state index is 11.1. The first-order valence-corrected chi connectivity index (χ1v) is 4.82. The summed E-state index contributed by atoms with van der Waals surface area (Å²) in [5.41, 5.74) is 2.82. The van der Waals surface area contributed by atoms with Crippen molar-refractivity contribution in [3.8, 4) is 11.3 Å². The highest BCUT2D eigenvalue weighted by atomic mass is 16.1. The van der Waals surface area contributed by atoms with Crippen molar-refractivity contribution in [1.29, 1.82) is 0 Å². The van der Waals surface area contributed by atoms with E-state index < -0.39 is 0 Å². The van der Waals surface area contributed by atoms with Crippen LogP contribution in [0.15, 0.2) is 41.5 Å². The lowest BCUT2D eigenvalue weighted by Gasteiger charge is -1.98. The van der Waals surface area contributed by atoms with E-state index >= 15 is 0 Å². The Bertz CT molecular complexity index is 684. The summed E-state index contributed by atoms with van der Waals surface area (Å²) in [6.07, 6.45) is 3.42. The van der Waals surface area contributed by atoms with E-state index in [-0.39, 0.29) is 5.69 Å². The van der Waals surface area contributed by atoms with Crippen molar-refractivity contribution in [1.82, 2.24) is 19.9 Å². The molecule has 5 heteroatoms. The predicted molar refractivity (Wildman–Crippen MR) is 59.9 cm³/mol. The summed E-state index contributed by atoms with van der Waals surface area (Å²) < 4.78 is 0. The maximum Gasteiger partial charge on any atom is 0.325 e. The zero-order valence-electron chi connectivity index (χ0n) is 8.27. The van der Waals surface area contributed by atoms with Crippen LogP contribution in [0.4, 0.5) is 0 Å². The molecular weight excluding hydrogens is 204 g/mol. The van der Waals surface area contributed by atoms with E-state index in [0.717, 1.165) is 11.3 Å². The quantitative estimate of drug-likeness (QED) is 0.638. The van der Waals surface area contributed by atoms with Gasteiger partial charge in [0.25, 0.3) is 0 Å². The Balaban J connectivity index is 2.22. The van der Waals surface area contributed by atoms with Gasteiger partial charge in [0, 0.05) is 18.0 Å².